The minimum Gasteiger partial charge on any atom is -0.387 e. The van der Waals surface area contributed by atoms with E-state index in [2.05, 4.69) is 29.4 Å². The van der Waals surface area contributed by atoms with E-state index in [9.17, 15) is 9.50 Å². The Bertz CT molecular complexity index is 623. The maximum Gasteiger partial charge on any atom is 0.217 e. The maximum absolute atomic E-state index is 13.8. The molecule has 1 saturated heterocycles. The molecule has 3 rings (SSSR count). The Hall–Kier alpha value is -1.46. The standard InChI is InChI=1S/C15H20FN3O/c1-15(2)8-4-7-11(17-15)13(20)9-5-3-6-10-12(9)14(16)19-18-10/h3,5-6,11,13,17,20H,4,7-8H2,1-2H3,(H,18,19)/t11-,13+/m0/s1. The molecular formula is C15H20FN3O. The van der Waals surface area contributed by atoms with Crippen molar-refractivity contribution in [1.82, 2.24) is 15.5 Å². The van der Waals surface area contributed by atoms with Gasteiger partial charge in [0.1, 0.15) is 0 Å². The number of hydrogen-bond acceptors (Lipinski definition) is 3. The van der Waals surface area contributed by atoms with Gasteiger partial charge in [-0.15, -0.1) is 0 Å². The molecule has 1 aliphatic heterocycles. The van der Waals surface area contributed by atoms with Gasteiger partial charge in [-0.25, -0.2) is 0 Å². The number of aromatic amines is 1. The molecule has 20 heavy (non-hydrogen) atoms. The van der Waals surface area contributed by atoms with E-state index in [1.54, 1.807) is 18.2 Å². The van der Waals surface area contributed by atoms with Crippen LogP contribution in [-0.4, -0.2) is 26.9 Å². The molecule has 3 N–H and O–H groups in total. The lowest BCUT2D eigenvalue weighted by atomic mass is 9.85. The van der Waals surface area contributed by atoms with Crippen LogP contribution in [-0.2, 0) is 0 Å². The van der Waals surface area contributed by atoms with Crippen LogP contribution in [0.4, 0.5) is 4.39 Å². The van der Waals surface area contributed by atoms with Crippen molar-refractivity contribution in [3.63, 3.8) is 0 Å². The molecule has 1 aliphatic rings. The molecule has 5 heteroatoms. The first-order chi connectivity index (χ1) is 9.48. The number of hydrogen-bond donors (Lipinski definition) is 3. The SMILES string of the molecule is CC1(C)CCC[C@@H]([C@H](O)c2cccc3n[nH]c(F)c23)N1. The van der Waals surface area contributed by atoms with Gasteiger partial charge in [0, 0.05) is 11.6 Å². The largest absolute Gasteiger partial charge is 0.387 e. The Labute approximate surface area is 117 Å². The van der Waals surface area contributed by atoms with Crippen molar-refractivity contribution >= 4 is 10.9 Å². The van der Waals surface area contributed by atoms with E-state index in [0.717, 1.165) is 19.3 Å². The van der Waals surface area contributed by atoms with Gasteiger partial charge in [-0.3, -0.25) is 5.10 Å². The van der Waals surface area contributed by atoms with Crippen LogP contribution in [0.25, 0.3) is 10.9 Å². The number of H-pyrrole nitrogens is 1. The fourth-order valence-electron chi connectivity index (χ4n) is 3.17. The number of nitrogens with one attached hydrogen (secondary N) is 2. The molecule has 0 spiro atoms. The fraction of sp³-hybridized carbons (Fsp3) is 0.533. The van der Waals surface area contributed by atoms with Gasteiger partial charge in [-0.1, -0.05) is 12.1 Å². The second-order valence-electron chi connectivity index (χ2n) is 6.25. The second-order valence-corrected chi connectivity index (χ2v) is 6.25. The van der Waals surface area contributed by atoms with E-state index in [1.807, 2.05) is 0 Å². The predicted molar refractivity (Wildman–Crippen MR) is 75.9 cm³/mol. The van der Waals surface area contributed by atoms with Gasteiger partial charge in [-0.2, -0.15) is 9.49 Å². The number of fused-ring (bicyclic) bond motifs is 1. The molecule has 0 unspecified atom stereocenters. The number of halogens is 1. The minimum absolute atomic E-state index is 0.00668. The molecule has 1 aromatic carbocycles. The molecule has 4 nitrogen and oxygen atoms in total. The van der Waals surface area contributed by atoms with Gasteiger partial charge in [0.2, 0.25) is 5.95 Å². The Morgan fingerprint density at radius 1 is 1.45 bits per heavy atom. The van der Waals surface area contributed by atoms with Crippen LogP contribution < -0.4 is 5.32 Å². The summed E-state index contributed by atoms with van der Waals surface area (Å²) in [6, 6.07) is 5.26. The van der Waals surface area contributed by atoms with Gasteiger partial charge in [0.15, 0.2) is 0 Å². The Morgan fingerprint density at radius 3 is 3.00 bits per heavy atom. The third-order valence-electron chi connectivity index (χ3n) is 4.16. The quantitative estimate of drug-likeness (QED) is 0.791. The van der Waals surface area contributed by atoms with E-state index >= 15 is 0 Å². The summed E-state index contributed by atoms with van der Waals surface area (Å²) >= 11 is 0. The van der Waals surface area contributed by atoms with Crippen LogP contribution in [0.2, 0.25) is 0 Å². The van der Waals surface area contributed by atoms with Gasteiger partial charge in [-0.05, 0) is 44.7 Å². The normalized spacial score (nSPS) is 23.9. The zero-order valence-electron chi connectivity index (χ0n) is 11.8. The predicted octanol–water partition coefficient (Wildman–Crippen LogP) is 2.66. The van der Waals surface area contributed by atoms with Crippen LogP contribution in [0.3, 0.4) is 0 Å². The number of aliphatic hydroxyl groups is 1. The summed E-state index contributed by atoms with van der Waals surface area (Å²) in [7, 11) is 0. The molecule has 2 aromatic rings. The number of nitrogens with zero attached hydrogens (tertiary/aromatic N) is 1. The van der Waals surface area contributed by atoms with Gasteiger partial charge >= 0.3 is 0 Å². The Balaban J connectivity index is 1.96. The molecular weight excluding hydrogens is 257 g/mol. The third-order valence-corrected chi connectivity index (χ3v) is 4.16. The molecule has 0 bridgehead atoms. The van der Waals surface area contributed by atoms with Crippen molar-refractivity contribution in [3.8, 4) is 0 Å². The summed E-state index contributed by atoms with van der Waals surface area (Å²) in [6.45, 7) is 4.26. The highest BCUT2D eigenvalue weighted by atomic mass is 19.1. The molecule has 1 aromatic heterocycles. The van der Waals surface area contributed by atoms with Crippen LogP contribution in [0.5, 0.6) is 0 Å². The van der Waals surface area contributed by atoms with E-state index in [1.165, 1.54) is 0 Å². The summed E-state index contributed by atoms with van der Waals surface area (Å²) in [5.41, 5.74) is 1.16. The zero-order valence-corrected chi connectivity index (χ0v) is 11.8. The summed E-state index contributed by atoms with van der Waals surface area (Å²) in [4.78, 5) is 0. The van der Waals surface area contributed by atoms with Crippen LogP contribution in [0, 0.1) is 5.95 Å². The number of aromatic nitrogens is 2. The monoisotopic (exact) mass is 277 g/mol. The molecule has 0 aliphatic carbocycles. The van der Waals surface area contributed by atoms with Crippen LogP contribution in [0.1, 0.15) is 44.8 Å². The van der Waals surface area contributed by atoms with Crippen molar-refractivity contribution < 1.29 is 9.50 Å². The first-order valence-electron chi connectivity index (χ1n) is 7.06. The highest BCUT2D eigenvalue weighted by Gasteiger charge is 2.32. The van der Waals surface area contributed by atoms with E-state index < -0.39 is 12.1 Å². The lowest BCUT2D eigenvalue weighted by Crippen LogP contribution is -2.51. The molecule has 108 valence electrons. The molecule has 0 saturated carbocycles. The number of benzene rings is 1. The summed E-state index contributed by atoms with van der Waals surface area (Å²) in [6.07, 6.45) is 2.30. The number of piperidine rings is 1. The number of rotatable bonds is 2. The Kier molecular flexibility index (Phi) is 3.26. The van der Waals surface area contributed by atoms with Crippen LogP contribution in [0.15, 0.2) is 18.2 Å². The van der Waals surface area contributed by atoms with Crippen molar-refractivity contribution in [2.75, 3.05) is 0 Å². The van der Waals surface area contributed by atoms with E-state index in [-0.39, 0.29) is 11.6 Å². The average Bonchev–Trinajstić information content (AvgIpc) is 2.79. The van der Waals surface area contributed by atoms with Crippen LogP contribution >= 0.6 is 0 Å². The highest BCUT2D eigenvalue weighted by molar-refractivity contribution is 5.82. The number of aliphatic hydroxyl groups excluding tert-OH is 1. The average molecular weight is 277 g/mol. The molecule has 2 atom stereocenters. The molecule has 2 heterocycles. The first-order valence-corrected chi connectivity index (χ1v) is 7.06. The summed E-state index contributed by atoms with van der Waals surface area (Å²) in [5, 5.41) is 20.8. The second kappa shape index (κ2) is 4.82. The van der Waals surface area contributed by atoms with E-state index in [0.29, 0.717) is 16.5 Å². The summed E-state index contributed by atoms with van der Waals surface area (Å²) in [5.74, 6) is -0.482. The van der Waals surface area contributed by atoms with Crippen molar-refractivity contribution in [3.05, 3.63) is 29.7 Å². The van der Waals surface area contributed by atoms with E-state index in [4.69, 9.17) is 0 Å². The lowest BCUT2D eigenvalue weighted by molar-refractivity contribution is 0.0853. The molecule has 1 fully saturated rings. The maximum atomic E-state index is 13.8. The van der Waals surface area contributed by atoms with Gasteiger partial charge in [0.25, 0.3) is 0 Å². The van der Waals surface area contributed by atoms with Gasteiger partial charge < -0.3 is 10.4 Å². The molecule has 0 radical (unpaired) electrons. The highest BCUT2D eigenvalue weighted by Crippen LogP contribution is 2.32. The van der Waals surface area contributed by atoms with Crippen molar-refractivity contribution in [2.45, 2.75) is 50.8 Å². The van der Waals surface area contributed by atoms with Crippen molar-refractivity contribution in [1.29, 1.82) is 0 Å². The molecule has 0 amide bonds. The Morgan fingerprint density at radius 2 is 2.25 bits per heavy atom. The zero-order chi connectivity index (χ0) is 14.3. The van der Waals surface area contributed by atoms with Crippen molar-refractivity contribution in [2.24, 2.45) is 0 Å². The first kappa shape index (κ1) is 13.5. The van der Waals surface area contributed by atoms with Gasteiger partial charge in [0.05, 0.1) is 17.0 Å². The summed E-state index contributed by atoms with van der Waals surface area (Å²) < 4.78 is 13.8. The fourth-order valence-corrected chi connectivity index (χ4v) is 3.17. The third kappa shape index (κ3) is 2.31. The minimum atomic E-state index is -0.731. The lowest BCUT2D eigenvalue weighted by Gasteiger charge is -2.39. The topological polar surface area (TPSA) is 60.9 Å². The smallest absolute Gasteiger partial charge is 0.217 e.